The number of aromatic hydroxyl groups is 1. The van der Waals surface area contributed by atoms with E-state index in [1.807, 2.05) is 36.0 Å². The van der Waals surface area contributed by atoms with Crippen molar-refractivity contribution in [1.29, 1.82) is 0 Å². The molecule has 6 nitrogen and oxygen atoms in total. The van der Waals surface area contributed by atoms with Crippen LogP contribution in [0.15, 0.2) is 65.7 Å². The van der Waals surface area contributed by atoms with Crippen LogP contribution in [-0.4, -0.2) is 20.2 Å². The molecule has 0 unspecified atom stereocenters. The zero-order chi connectivity index (χ0) is 20.0. The second-order valence-corrected chi connectivity index (χ2v) is 6.43. The number of fused-ring (bicyclic) bond motifs is 1. The van der Waals surface area contributed by atoms with E-state index in [0.29, 0.717) is 11.3 Å². The molecular weight excluding hydrogens is 386 g/mol. The Labute approximate surface area is 186 Å². The van der Waals surface area contributed by atoms with Crippen LogP contribution >= 0.6 is 0 Å². The van der Waals surface area contributed by atoms with Crippen LogP contribution in [0.2, 0.25) is 0 Å². The number of carboxylic acid groups (broad SMARTS) is 1. The summed E-state index contributed by atoms with van der Waals surface area (Å²) in [6.45, 7) is 0. The fourth-order valence-corrected chi connectivity index (χ4v) is 3.24. The van der Waals surface area contributed by atoms with Gasteiger partial charge in [0.1, 0.15) is 5.75 Å². The van der Waals surface area contributed by atoms with Crippen molar-refractivity contribution in [1.82, 2.24) is 9.13 Å². The minimum absolute atomic E-state index is 0. The predicted molar refractivity (Wildman–Crippen MR) is 99.9 cm³/mol. The number of rotatable bonds is 3. The Bertz CT molecular complexity index is 1310. The second kappa shape index (κ2) is 7.87. The summed E-state index contributed by atoms with van der Waals surface area (Å²) in [6.07, 6.45) is 2.93. The Morgan fingerprint density at radius 1 is 1.10 bits per heavy atom. The van der Waals surface area contributed by atoms with Gasteiger partial charge in [-0.05, 0) is 35.9 Å². The van der Waals surface area contributed by atoms with Crippen LogP contribution in [0.25, 0.3) is 27.8 Å². The van der Waals surface area contributed by atoms with E-state index in [-0.39, 0.29) is 41.0 Å². The minimum atomic E-state index is -1.65. The molecule has 0 amide bonds. The zero-order valence-electron chi connectivity index (χ0n) is 15.7. The van der Waals surface area contributed by atoms with Crippen molar-refractivity contribution in [3.05, 3.63) is 82.5 Å². The number of phenols is 1. The molecule has 0 aliphatic heterocycles. The van der Waals surface area contributed by atoms with Gasteiger partial charge in [0.15, 0.2) is 11.2 Å². The third kappa shape index (κ3) is 3.72. The van der Waals surface area contributed by atoms with Crippen molar-refractivity contribution in [2.75, 3.05) is 0 Å². The van der Waals surface area contributed by atoms with E-state index in [9.17, 15) is 24.2 Å². The molecule has 4 aromatic rings. The molecular formula is C21H14FN2NaO4. The van der Waals surface area contributed by atoms with E-state index in [1.54, 1.807) is 6.07 Å². The molecule has 0 atom stereocenters. The smallest absolute Gasteiger partial charge is 0.545 e. The number of aromatic nitrogens is 2. The summed E-state index contributed by atoms with van der Waals surface area (Å²) in [7, 11) is 1.90. The van der Waals surface area contributed by atoms with Crippen molar-refractivity contribution in [3.8, 4) is 22.7 Å². The Morgan fingerprint density at radius 2 is 1.86 bits per heavy atom. The van der Waals surface area contributed by atoms with Crippen LogP contribution in [0.5, 0.6) is 5.75 Å². The molecule has 0 spiro atoms. The van der Waals surface area contributed by atoms with Gasteiger partial charge in [-0.3, -0.25) is 4.79 Å². The first-order chi connectivity index (χ1) is 13.3. The van der Waals surface area contributed by atoms with Gasteiger partial charge in [-0.15, -0.1) is 0 Å². The normalized spacial score (nSPS) is 10.7. The van der Waals surface area contributed by atoms with Crippen LogP contribution in [-0.2, 0) is 7.05 Å². The summed E-state index contributed by atoms with van der Waals surface area (Å²) in [5, 5.41) is 21.7. The summed E-state index contributed by atoms with van der Waals surface area (Å²) >= 11 is 0. The van der Waals surface area contributed by atoms with Crippen LogP contribution in [0, 0.1) is 5.82 Å². The van der Waals surface area contributed by atoms with Gasteiger partial charge in [0.25, 0.3) is 0 Å². The Morgan fingerprint density at radius 3 is 2.55 bits per heavy atom. The Hall–Kier alpha value is -2.87. The molecule has 0 bridgehead atoms. The van der Waals surface area contributed by atoms with Crippen LogP contribution in [0.1, 0.15) is 10.4 Å². The van der Waals surface area contributed by atoms with Gasteiger partial charge in [0.2, 0.25) is 0 Å². The average molecular weight is 400 g/mol. The van der Waals surface area contributed by atoms with Crippen molar-refractivity contribution in [2.24, 2.45) is 7.05 Å². The molecule has 1 N–H and O–H groups in total. The molecule has 0 radical (unpaired) electrons. The summed E-state index contributed by atoms with van der Waals surface area (Å²) in [4.78, 5) is 23.6. The van der Waals surface area contributed by atoms with Crippen LogP contribution in [0.4, 0.5) is 4.39 Å². The number of halogens is 1. The quantitative estimate of drug-likeness (QED) is 0.457. The number of carbonyl (C=O) groups is 1. The number of pyridine rings is 1. The van der Waals surface area contributed by atoms with Crippen molar-refractivity contribution in [3.63, 3.8) is 0 Å². The molecule has 0 saturated carbocycles. The maximum absolute atomic E-state index is 14.5. The molecule has 0 fully saturated rings. The van der Waals surface area contributed by atoms with Gasteiger partial charge in [-0.2, -0.15) is 0 Å². The maximum Gasteiger partial charge on any atom is 1.00 e. The first-order valence-corrected chi connectivity index (χ1v) is 8.37. The molecule has 140 valence electrons. The van der Waals surface area contributed by atoms with Crippen LogP contribution in [0.3, 0.4) is 0 Å². The Balaban J connectivity index is 0.00000240. The first-order valence-electron chi connectivity index (χ1n) is 8.37. The van der Waals surface area contributed by atoms with E-state index in [1.165, 1.54) is 16.7 Å². The molecule has 0 aliphatic rings. The van der Waals surface area contributed by atoms with Crippen molar-refractivity contribution in [2.45, 2.75) is 0 Å². The van der Waals surface area contributed by atoms with E-state index < -0.39 is 22.8 Å². The first kappa shape index (κ1) is 20.9. The van der Waals surface area contributed by atoms with Gasteiger partial charge < -0.3 is 24.1 Å². The summed E-state index contributed by atoms with van der Waals surface area (Å²) < 4.78 is 17.7. The number of carboxylic acids is 1. The van der Waals surface area contributed by atoms with E-state index in [0.717, 1.165) is 29.2 Å². The third-order valence-corrected chi connectivity index (χ3v) is 4.64. The molecule has 0 aliphatic carbocycles. The number of hydrogen-bond acceptors (Lipinski definition) is 4. The fraction of sp³-hybridized carbons (Fsp3) is 0.0476. The van der Waals surface area contributed by atoms with E-state index >= 15 is 0 Å². The average Bonchev–Trinajstić information content (AvgIpc) is 3.02. The standard InChI is InChI=1S/C21H15FN2O4.Na/c1-23-7-6-13-8-12(2-4-17(13)23)19-10-20(26)15(21(27)28)11-24(19)18-5-3-14(25)9-16(18)22;/h2-11,25H,1H3,(H,27,28);/q;+1/p-1. The summed E-state index contributed by atoms with van der Waals surface area (Å²) in [5.74, 6) is -2.69. The summed E-state index contributed by atoms with van der Waals surface area (Å²) in [6, 6.07) is 12.0. The third-order valence-electron chi connectivity index (χ3n) is 4.64. The number of nitrogens with zero attached hydrogens (tertiary/aromatic N) is 2. The number of aromatic carboxylic acids is 1. The number of carbonyl (C=O) groups excluding carboxylic acids is 1. The zero-order valence-corrected chi connectivity index (χ0v) is 17.7. The van der Waals surface area contributed by atoms with Gasteiger partial charge in [0, 0.05) is 42.5 Å². The van der Waals surface area contributed by atoms with Gasteiger partial charge >= 0.3 is 29.6 Å². The van der Waals surface area contributed by atoms with Crippen molar-refractivity contribution < 1.29 is 49.0 Å². The monoisotopic (exact) mass is 400 g/mol. The topological polar surface area (TPSA) is 87.3 Å². The van der Waals surface area contributed by atoms with Crippen LogP contribution < -0.4 is 40.1 Å². The number of hydrogen-bond donors (Lipinski definition) is 1. The molecule has 4 rings (SSSR count). The molecule has 2 aromatic carbocycles. The van der Waals surface area contributed by atoms with E-state index in [4.69, 9.17) is 0 Å². The molecule has 0 saturated heterocycles. The summed E-state index contributed by atoms with van der Waals surface area (Å²) in [5.41, 5.74) is 0.553. The molecule has 2 aromatic heterocycles. The fourth-order valence-electron chi connectivity index (χ4n) is 3.24. The maximum atomic E-state index is 14.5. The Kier molecular flexibility index (Phi) is 5.66. The molecule has 2 heterocycles. The largest absolute Gasteiger partial charge is 1.00 e. The predicted octanol–water partition coefficient (Wildman–Crippen LogP) is -0.792. The SMILES string of the molecule is Cn1ccc2cc(-c3cc(=O)c(C(=O)[O-])cn3-c3ccc(O)cc3F)ccc21.[Na+]. The molecule has 8 heteroatoms. The second-order valence-electron chi connectivity index (χ2n) is 6.43. The van der Waals surface area contributed by atoms with Gasteiger partial charge in [0.05, 0.1) is 22.9 Å². The minimum Gasteiger partial charge on any atom is -0.545 e. The van der Waals surface area contributed by atoms with Gasteiger partial charge in [-0.25, -0.2) is 4.39 Å². The number of benzene rings is 2. The number of phenolic OH excluding ortho intramolecular Hbond substituents is 1. The van der Waals surface area contributed by atoms with Gasteiger partial charge in [-0.1, -0.05) is 6.07 Å². The van der Waals surface area contributed by atoms with Crippen molar-refractivity contribution >= 4 is 16.9 Å². The van der Waals surface area contributed by atoms with E-state index in [2.05, 4.69) is 0 Å². The molecule has 29 heavy (non-hydrogen) atoms. The number of aryl methyl sites for hydroxylation is 1.